The lowest BCUT2D eigenvalue weighted by atomic mass is 9.99. The molecule has 116 valence electrons. The van der Waals surface area contributed by atoms with E-state index >= 15 is 0 Å². The molecule has 3 rings (SSSR count). The first-order chi connectivity index (χ1) is 11.1. The smallest absolute Gasteiger partial charge is 0.126 e. The van der Waals surface area contributed by atoms with Crippen molar-refractivity contribution in [2.75, 3.05) is 0 Å². The highest BCUT2D eigenvalue weighted by molar-refractivity contribution is 5.64. The Morgan fingerprint density at radius 3 is 1.74 bits per heavy atom. The molecule has 0 aliphatic carbocycles. The quantitative estimate of drug-likeness (QED) is 0.563. The van der Waals surface area contributed by atoms with Gasteiger partial charge in [0.2, 0.25) is 0 Å². The van der Waals surface area contributed by atoms with E-state index in [0.717, 1.165) is 24.0 Å². The molecule has 1 heteroatoms. The first-order valence-corrected chi connectivity index (χ1v) is 8.03. The highest BCUT2D eigenvalue weighted by Crippen LogP contribution is 2.22. The fourth-order valence-corrected chi connectivity index (χ4v) is 2.68. The lowest BCUT2D eigenvalue weighted by Gasteiger charge is -2.06. The molecule has 0 fully saturated rings. The molecule has 0 nitrogen and oxygen atoms in total. The van der Waals surface area contributed by atoms with Crippen molar-refractivity contribution in [2.45, 2.75) is 26.7 Å². The highest BCUT2D eigenvalue weighted by Gasteiger charge is 2.03. The zero-order valence-corrected chi connectivity index (χ0v) is 13.6. The Bertz CT molecular complexity index is 783. The summed E-state index contributed by atoms with van der Waals surface area (Å²) in [5, 5.41) is 0. The van der Waals surface area contributed by atoms with E-state index in [-0.39, 0.29) is 5.82 Å². The van der Waals surface area contributed by atoms with E-state index in [0.29, 0.717) is 5.56 Å². The summed E-state index contributed by atoms with van der Waals surface area (Å²) in [5.41, 5.74) is 6.63. The van der Waals surface area contributed by atoms with Gasteiger partial charge in [-0.3, -0.25) is 0 Å². The van der Waals surface area contributed by atoms with Crippen LogP contribution in [0.5, 0.6) is 0 Å². The average Bonchev–Trinajstić information content (AvgIpc) is 2.57. The Labute approximate surface area is 137 Å². The van der Waals surface area contributed by atoms with Gasteiger partial charge in [-0.15, -0.1) is 0 Å². The van der Waals surface area contributed by atoms with Gasteiger partial charge in [-0.05, 0) is 60.6 Å². The molecule has 0 spiro atoms. The van der Waals surface area contributed by atoms with E-state index in [1.807, 2.05) is 12.1 Å². The Kier molecular flexibility index (Phi) is 4.57. The van der Waals surface area contributed by atoms with Crippen LogP contribution < -0.4 is 0 Å². The van der Waals surface area contributed by atoms with E-state index in [4.69, 9.17) is 0 Å². The van der Waals surface area contributed by atoms with Crippen molar-refractivity contribution in [3.63, 3.8) is 0 Å². The van der Waals surface area contributed by atoms with Gasteiger partial charge in [-0.2, -0.15) is 0 Å². The van der Waals surface area contributed by atoms with Crippen LogP contribution in [0.25, 0.3) is 11.1 Å². The summed E-state index contributed by atoms with van der Waals surface area (Å²) in [6, 6.07) is 22.5. The fourth-order valence-electron chi connectivity index (χ4n) is 2.68. The third-order valence-corrected chi connectivity index (χ3v) is 4.28. The van der Waals surface area contributed by atoms with Crippen LogP contribution in [-0.4, -0.2) is 0 Å². The molecule has 0 aliphatic heterocycles. The summed E-state index contributed by atoms with van der Waals surface area (Å²) < 4.78 is 13.7. The third kappa shape index (κ3) is 3.87. The predicted molar refractivity (Wildman–Crippen MR) is 95.2 cm³/mol. The summed E-state index contributed by atoms with van der Waals surface area (Å²) >= 11 is 0. The summed E-state index contributed by atoms with van der Waals surface area (Å²) in [6.07, 6.45) is 2.06. The molecule has 0 heterocycles. The maximum absolute atomic E-state index is 13.7. The molecule has 0 aromatic heterocycles. The number of hydrogen-bond donors (Lipinski definition) is 0. The van der Waals surface area contributed by atoms with Crippen molar-refractivity contribution in [2.24, 2.45) is 0 Å². The van der Waals surface area contributed by atoms with Crippen molar-refractivity contribution < 1.29 is 4.39 Å². The highest BCUT2D eigenvalue weighted by atomic mass is 19.1. The van der Waals surface area contributed by atoms with E-state index in [1.54, 1.807) is 13.0 Å². The zero-order chi connectivity index (χ0) is 16.2. The van der Waals surface area contributed by atoms with Gasteiger partial charge in [-0.1, -0.05) is 66.2 Å². The van der Waals surface area contributed by atoms with Gasteiger partial charge >= 0.3 is 0 Å². The van der Waals surface area contributed by atoms with Gasteiger partial charge in [0.05, 0.1) is 0 Å². The predicted octanol–water partition coefficient (Wildman–Crippen LogP) is 5.89. The lowest BCUT2D eigenvalue weighted by molar-refractivity contribution is 0.619. The van der Waals surface area contributed by atoms with Gasteiger partial charge in [0.25, 0.3) is 0 Å². The SMILES string of the molecule is Cc1ccc(CCc2ccc(-c3ccc(C)c(F)c3)cc2)cc1. The van der Waals surface area contributed by atoms with Crippen molar-refractivity contribution in [3.8, 4) is 11.1 Å². The normalized spacial score (nSPS) is 10.7. The van der Waals surface area contributed by atoms with Crippen molar-refractivity contribution in [3.05, 3.63) is 94.8 Å². The Hall–Kier alpha value is -2.41. The number of rotatable bonds is 4. The largest absolute Gasteiger partial charge is 0.207 e. The fraction of sp³-hybridized carbons (Fsp3) is 0.182. The minimum Gasteiger partial charge on any atom is -0.207 e. The van der Waals surface area contributed by atoms with E-state index in [1.165, 1.54) is 16.7 Å². The minimum atomic E-state index is -0.147. The van der Waals surface area contributed by atoms with Crippen LogP contribution in [0.2, 0.25) is 0 Å². The lowest BCUT2D eigenvalue weighted by Crippen LogP contribution is -1.92. The summed E-state index contributed by atoms with van der Waals surface area (Å²) in [5.74, 6) is -0.147. The maximum Gasteiger partial charge on any atom is 0.126 e. The topological polar surface area (TPSA) is 0 Å². The molecule has 0 unspecified atom stereocenters. The maximum atomic E-state index is 13.7. The molecule has 0 saturated heterocycles. The summed E-state index contributed by atoms with van der Waals surface area (Å²) in [7, 11) is 0. The first-order valence-electron chi connectivity index (χ1n) is 8.03. The summed E-state index contributed by atoms with van der Waals surface area (Å²) in [4.78, 5) is 0. The second-order valence-electron chi connectivity index (χ2n) is 6.15. The van der Waals surface area contributed by atoms with Crippen LogP contribution in [0.3, 0.4) is 0 Å². The Morgan fingerprint density at radius 1 is 0.652 bits per heavy atom. The van der Waals surface area contributed by atoms with E-state index in [9.17, 15) is 4.39 Å². The van der Waals surface area contributed by atoms with Crippen LogP contribution in [0.1, 0.15) is 22.3 Å². The molecule has 23 heavy (non-hydrogen) atoms. The zero-order valence-electron chi connectivity index (χ0n) is 13.6. The van der Waals surface area contributed by atoms with Crippen molar-refractivity contribution in [1.29, 1.82) is 0 Å². The molecule has 0 radical (unpaired) electrons. The molecule has 0 N–H and O–H groups in total. The molecule has 0 saturated carbocycles. The second-order valence-corrected chi connectivity index (χ2v) is 6.15. The molecule has 3 aromatic rings. The molecule has 0 amide bonds. The second kappa shape index (κ2) is 6.78. The van der Waals surface area contributed by atoms with E-state index < -0.39 is 0 Å². The Morgan fingerprint density at radius 2 is 1.17 bits per heavy atom. The van der Waals surface area contributed by atoms with Gasteiger partial charge in [-0.25, -0.2) is 4.39 Å². The molecule has 0 aliphatic rings. The third-order valence-electron chi connectivity index (χ3n) is 4.28. The number of benzene rings is 3. The average molecular weight is 304 g/mol. The molecule has 3 aromatic carbocycles. The van der Waals surface area contributed by atoms with Crippen molar-refractivity contribution >= 4 is 0 Å². The van der Waals surface area contributed by atoms with Crippen LogP contribution in [-0.2, 0) is 12.8 Å². The van der Waals surface area contributed by atoms with Crippen LogP contribution in [0.4, 0.5) is 4.39 Å². The minimum absolute atomic E-state index is 0.147. The standard InChI is InChI=1S/C22H21F/c1-16-3-6-18(7-4-16)8-9-19-10-13-20(14-11-19)21-12-5-17(2)22(23)15-21/h3-7,10-15H,8-9H2,1-2H3. The molecule has 0 atom stereocenters. The number of hydrogen-bond acceptors (Lipinski definition) is 0. The van der Waals surface area contributed by atoms with Crippen molar-refractivity contribution in [1.82, 2.24) is 0 Å². The monoisotopic (exact) mass is 304 g/mol. The van der Waals surface area contributed by atoms with Gasteiger partial charge < -0.3 is 0 Å². The van der Waals surface area contributed by atoms with Crippen LogP contribution in [0, 0.1) is 19.7 Å². The van der Waals surface area contributed by atoms with Crippen LogP contribution >= 0.6 is 0 Å². The van der Waals surface area contributed by atoms with Gasteiger partial charge in [0.1, 0.15) is 5.82 Å². The van der Waals surface area contributed by atoms with Crippen LogP contribution in [0.15, 0.2) is 66.7 Å². The molecular formula is C22H21F. The van der Waals surface area contributed by atoms with E-state index in [2.05, 4.69) is 55.5 Å². The van der Waals surface area contributed by atoms with Gasteiger partial charge in [0.15, 0.2) is 0 Å². The Balaban J connectivity index is 1.69. The molecule has 0 bridgehead atoms. The first kappa shape index (κ1) is 15.5. The summed E-state index contributed by atoms with van der Waals surface area (Å²) in [6.45, 7) is 3.89. The number of aryl methyl sites for hydroxylation is 4. The number of halogens is 1. The molecular weight excluding hydrogens is 283 g/mol. The van der Waals surface area contributed by atoms with Gasteiger partial charge in [0, 0.05) is 0 Å².